The van der Waals surface area contributed by atoms with E-state index in [2.05, 4.69) is 21.7 Å². The number of nitrogens with one attached hydrogen (secondary N) is 3. The maximum Gasteiger partial charge on any atom is 0.237 e. The molecule has 1 aromatic carbocycles. The van der Waals surface area contributed by atoms with E-state index in [9.17, 15) is 16.8 Å². The molecule has 1 rings (SSSR count). The molecule has 1 unspecified atom stereocenters. The summed E-state index contributed by atoms with van der Waals surface area (Å²) in [5.41, 5.74) is 1.44. The summed E-state index contributed by atoms with van der Waals surface area (Å²) in [5.74, 6) is 0. The van der Waals surface area contributed by atoms with Gasteiger partial charge in [-0.05, 0) is 85.6 Å². The van der Waals surface area contributed by atoms with Crippen LogP contribution in [-0.2, 0) is 20.0 Å². The van der Waals surface area contributed by atoms with Crippen molar-refractivity contribution in [1.29, 1.82) is 0 Å². The summed E-state index contributed by atoms with van der Waals surface area (Å²) in [4.78, 5) is 0. The van der Waals surface area contributed by atoms with E-state index in [0.717, 1.165) is 24.9 Å². The Morgan fingerprint density at radius 1 is 0.793 bits per heavy atom. The minimum absolute atomic E-state index is 0.214. The molecule has 0 amide bonds. The molecule has 0 spiro atoms. The molecule has 1 atom stereocenters. The standard InChI is InChI=1S/C20H37N3O4S2/c1-16(10-8-9-15-21-28(24,25)19(2,3)4)22-17-11-13-18(14-12-17)23-29(26,27)20(5,6)7/h11-14,16,21-23H,8-10,15H2,1-7H3. The van der Waals surface area contributed by atoms with Crippen LogP contribution in [0.5, 0.6) is 0 Å². The van der Waals surface area contributed by atoms with Gasteiger partial charge < -0.3 is 5.32 Å². The number of benzene rings is 1. The van der Waals surface area contributed by atoms with Crippen molar-refractivity contribution in [2.45, 2.75) is 83.3 Å². The van der Waals surface area contributed by atoms with Gasteiger partial charge in [0.05, 0.1) is 9.49 Å². The van der Waals surface area contributed by atoms with Crippen LogP contribution in [0.4, 0.5) is 11.4 Å². The summed E-state index contributed by atoms with van der Waals surface area (Å²) >= 11 is 0. The number of rotatable bonds is 10. The third-order valence-corrected chi connectivity index (χ3v) is 8.83. The first-order valence-electron chi connectivity index (χ1n) is 9.93. The summed E-state index contributed by atoms with van der Waals surface area (Å²) in [7, 11) is -6.73. The highest BCUT2D eigenvalue weighted by Crippen LogP contribution is 2.21. The van der Waals surface area contributed by atoms with Crippen molar-refractivity contribution in [3.63, 3.8) is 0 Å². The van der Waals surface area contributed by atoms with Gasteiger partial charge in [-0.3, -0.25) is 4.72 Å². The number of hydrogen-bond donors (Lipinski definition) is 3. The van der Waals surface area contributed by atoms with Crippen LogP contribution in [0.3, 0.4) is 0 Å². The smallest absolute Gasteiger partial charge is 0.237 e. The Morgan fingerprint density at radius 3 is 1.76 bits per heavy atom. The maximum atomic E-state index is 12.2. The van der Waals surface area contributed by atoms with Crippen LogP contribution in [0, 0.1) is 0 Å². The Balaban J connectivity index is 2.43. The first-order chi connectivity index (χ1) is 13.1. The van der Waals surface area contributed by atoms with Crippen molar-refractivity contribution in [1.82, 2.24) is 4.72 Å². The van der Waals surface area contributed by atoms with Gasteiger partial charge in [-0.15, -0.1) is 0 Å². The Hall–Kier alpha value is -1.32. The van der Waals surface area contributed by atoms with E-state index in [0.29, 0.717) is 12.2 Å². The summed E-state index contributed by atoms with van der Waals surface area (Å²) < 4.78 is 52.0. The number of unbranched alkanes of at least 4 members (excludes halogenated alkanes) is 1. The van der Waals surface area contributed by atoms with E-state index in [1.54, 1.807) is 53.7 Å². The van der Waals surface area contributed by atoms with Gasteiger partial charge >= 0.3 is 0 Å². The quantitative estimate of drug-likeness (QED) is 0.472. The molecule has 29 heavy (non-hydrogen) atoms. The fraction of sp³-hybridized carbons (Fsp3) is 0.700. The van der Waals surface area contributed by atoms with Crippen molar-refractivity contribution in [2.24, 2.45) is 0 Å². The molecule has 0 heterocycles. The van der Waals surface area contributed by atoms with Crippen molar-refractivity contribution in [3.05, 3.63) is 24.3 Å². The summed E-state index contributed by atoms with van der Waals surface area (Å²) in [6.07, 6.45) is 2.56. The lowest BCUT2D eigenvalue weighted by Gasteiger charge is -2.21. The molecule has 0 bridgehead atoms. The van der Waals surface area contributed by atoms with Gasteiger partial charge in [0, 0.05) is 24.0 Å². The molecule has 0 fully saturated rings. The second kappa shape index (κ2) is 9.66. The van der Waals surface area contributed by atoms with Crippen LogP contribution in [0.25, 0.3) is 0 Å². The Bertz CT molecular complexity index is 850. The zero-order valence-electron chi connectivity index (χ0n) is 18.7. The van der Waals surface area contributed by atoms with Gasteiger partial charge in [-0.25, -0.2) is 21.6 Å². The molecule has 0 saturated heterocycles. The van der Waals surface area contributed by atoms with E-state index < -0.39 is 29.5 Å². The third-order valence-electron chi connectivity index (χ3n) is 4.52. The first-order valence-corrected chi connectivity index (χ1v) is 12.9. The molecule has 1 aromatic rings. The van der Waals surface area contributed by atoms with Gasteiger partial charge in [0.1, 0.15) is 0 Å². The predicted octanol–water partition coefficient (Wildman–Crippen LogP) is 3.92. The minimum atomic E-state index is -3.44. The van der Waals surface area contributed by atoms with Gasteiger partial charge in [-0.1, -0.05) is 6.42 Å². The molecule has 0 saturated carbocycles. The molecule has 7 nitrogen and oxygen atoms in total. The fourth-order valence-electron chi connectivity index (χ4n) is 2.30. The zero-order chi connectivity index (χ0) is 22.5. The van der Waals surface area contributed by atoms with Crippen molar-refractivity contribution in [3.8, 4) is 0 Å². The van der Waals surface area contributed by atoms with Gasteiger partial charge in [0.15, 0.2) is 0 Å². The molecular formula is C20H37N3O4S2. The van der Waals surface area contributed by atoms with E-state index in [1.165, 1.54) is 0 Å². The van der Waals surface area contributed by atoms with Gasteiger partial charge in [0.25, 0.3) is 0 Å². The summed E-state index contributed by atoms with van der Waals surface area (Å²) in [6.45, 7) is 12.5. The van der Waals surface area contributed by atoms with Gasteiger partial charge in [-0.2, -0.15) is 0 Å². The lowest BCUT2D eigenvalue weighted by atomic mass is 10.1. The highest BCUT2D eigenvalue weighted by molar-refractivity contribution is 7.94. The molecule has 9 heteroatoms. The fourth-order valence-corrected chi connectivity index (χ4v) is 3.90. The summed E-state index contributed by atoms with van der Waals surface area (Å²) in [6, 6.07) is 7.37. The highest BCUT2D eigenvalue weighted by atomic mass is 32.2. The summed E-state index contributed by atoms with van der Waals surface area (Å²) in [5, 5.41) is 3.38. The van der Waals surface area contributed by atoms with Crippen molar-refractivity contribution < 1.29 is 16.8 Å². The number of anilines is 2. The average molecular weight is 448 g/mol. The molecule has 168 valence electrons. The Kier molecular flexibility index (Phi) is 8.57. The topological polar surface area (TPSA) is 104 Å². The molecule has 0 aliphatic heterocycles. The number of hydrogen-bond acceptors (Lipinski definition) is 5. The van der Waals surface area contributed by atoms with Gasteiger partial charge in [0.2, 0.25) is 20.0 Å². The van der Waals surface area contributed by atoms with Crippen LogP contribution < -0.4 is 14.8 Å². The van der Waals surface area contributed by atoms with E-state index in [4.69, 9.17) is 0 Å². The third kappa shape index (κ3) is 8.14. The van der Waals surface area contributed by atoms with Crippen molar-refractivity contribution in [2.75, 3.05) is 16.6 Å². The minimum Gasteiger partial charge on any atom is -0.383 e. The average Bonchev–Trinajstić information content (AvgIpc) is 2.54. The zero-order valence-corrected chi connectivity index (χ0v) is 20.3. The second-order valence-electron chi connectivity index (χ2n) is 9.35. The molecule has 0 aromatic heterocycles. The lowest BCUT2D eigenvalue weighted by Crippen LogP contribution is -2.39. The van der Waals surface area contributed by atoms with E-state index in [-0.39, 0.29) is 6.04 Å². The van der Waals surface area contributed by atoms with Crippen LogP contribution in [0.1, 0.15) is 67.7 Å². The normalized spacial score (nSPS) is 14.4. The molecular weight excluding hydrogens is 410 g/mol. The van der Waals surface area contributed by atoms with Crippen LogP contribution in [0.2, 0.25) is 0 Å². The predicted molar refractivity (Wildman–Crippen MR) is 122 cm³/mol. The SMILES string of the molecule is CC(CCCCNS(=O)(=O)C(C)(C)C)Nc1ccc(NS(=O)(=O)C(C)(C)C)cc1. The first kappa shape index (κ1) is 25.7. The van der Waals surface area contributed by atoms with E-state index >= 15 is 0 Å². The Labute approximate surface area is 177 Å². The van der Waals surface area contributed by atoms with E-state index in [1.807, 2.05) is 12.1 Å². The van der Waals surface area contributed by atoms with Crippen LogP contribution >= 0.6 is 0 Å². The van der Waals surface area contributed by atoms with Crippen molar-refractivity contribution >= 4 is 31.4 Å². The molecule has 0 aliphatic carbocycles. The number of sulfonamides is 2. The highest BCUT2D eigenvalue weighted by Gasteiger charge is 2.29. The molecule has 0 radical (unpaired) electrons. The van der Waals surface area contributed by atoms with Crippen LogP contribution in [0.15, 0.2) is 24.3 Å². The lowest BCUT2D eigenvalue weighted by molar-refractivity contribution is 0.538. The largest absolute Gasteiger partial charge is 0.383 e. The molecule has 3 N–H and O–H groups in total. The monoisotopic (exact) mass is 447 g/mol. The second-order valence-corrected chi connectivity index (χ2v) is 14.3. The Morgan fingerprint density at radius 2 is 1.28 bits per heavy atom. The maximum absolute atomic E-state index is 12.2. The van der Waals surface area contributed by atoms with Crippen LogP contribution in [-0.4, -0.2) is 38.9 Å². The molecule has 0 aliphatic rings.